The summed E-state index contributed by atoms with van der Waals surface area (Å²) in [6.45, 7) is 6.42. The van der Waals surface area contributed by atoms with E-state index in [1.54, 1.807) is 11.3 Å². The molecule has 2 aromatic rings. The number of fused-ring (bicyclic) bond motifs is 1. The molecule has 1 saturated carbocycles. The summed E-state index contributed by atoms with van der Waals surface area (Å²) in [6.07, 6.45) is 3.74. The molecule has 102 valence electrons. The van der Waals surface area contributed by atoms with Crippen molar-refractivity contribution >= 4 is 33.3 Å². The van der Waals surface area contributed by atoms with Crippen molar-refractivity contribution < 1.29 is 0 Å². The Bertz CT molecular complexity index is 588. The molecule has 1 fully saturated rings. The molecular formula is C14H20N4S. The molecule has 0 aromatic carbocycles. The Labute approximate surface area is 117 Å². The molecule has 0 radical (unpaired) electrons. The Morgan fingerprint density at radius 3 is 2.79 bits per heavy atom. The highest BCUT2D eigenvalue weighted by atomic mass is 32.1. The molecule has 2 N–H and O–H groups in total. The molecule has 0 aliphatic heterocycles. The molecule has 1 aliphatic rings. The minimum absolute atomic E-state index is 0.390. The van der Waals surface area contributed by atoms with Gasteiger partial charge in [0.05, 0.1) is 5.39 Å². The van der Waals surface area contributed by atoms with E-state index >= 15 is 0 Å². The van der Waals surface area contributed by atoms with E-state index in [2.05, 4.69) is 34.8 Å². The summed E-state index contributed by atoms with van der Waals surface area (Å²) in [6, 6.07) is 2.23. The van der Waals surface area contributed by atoms with Gasteiger partial charge in [0, 0.05) is 18.0 Å². The molecular weight excluding hydrogens is 256 g/mol. The average Bonchev–Trinajstić information content (AvgIpc) is 3.12. The first kappa shape index (κ1) is 12.7. The van der Waals surface area contributed by atoms with Crippen molar-refractivity contribution in [2.24, 2.45) is 5.92 Å². The standard InChI is InChI=1S/C14H20N4S/c1-3-10-7-11-12(16-14(15)17-13(11)19-10)18(4-2)8-9-5-6-9/h7,9H,3-6,8H2,1-2H3,(H2,15,16,17). The summed E-state index contributed by atoms with van der Waals surface area (Å²) in [4.78, 5) is 13.6. The number of thiophene rings is 1. The Morgan fingerprint density at radius 1 is 1.37 bits per heavy atom. The zero-order chi connectivity index (χ0) is 13.4. The molecule has 0 saturated heterocycles. The van der Waals surface area contributed by atoms with Gasteiger partial charge >= 0.3 is 0 Å². The maximum Gasteiger partial charge on any atom is 0.223 e. The fraction of sp³-hybridized carbons (Fsp3) is 0.571. The number of anilines is 2. The number of nitrogens with zero attached hydrogens (tertiary/aromatic N) is 3. The number of hydrogen-bond donors (Lipinski definition) is 1. The van der Waals surface area contributed by atoms with Crippen molar-refractivity contribution in [1.29, 1.82) is 0 Å². The third-order valence-electron chi connectivity index (χ3n) is 3.65. The lowest BCUT2D eigenvalue weighted by atomic mass is 10.2. The molecule has 2 aromatic heterocycles. The van der Waals surface area contributed by atoms with E-state index in [4.69, 9.17) is 5.73 Å². The number of hydrogen-bond acceptors (Lipinski definition) is 5. The van der Waals surface area contributed by atoms with Gasteiger partial charge in [-0.3, -0.25) is 0 Å². The quantitative estimate of drug-likeness (QED) is 0.912. The van der Waals surface area contributed by atoms with Gasteiger partial charge in [0.1, 0.15) is 10.6 Å². The fourth-order valence-corrected chi connectivity index (χ4v) is 3.33. The highest BCUT2D eigenvalue weighted by Gasteiger charge is 2.25. The largest absolute Gasteiger partial charge is 0.368 e. The van der Waals surface area contributed by atoms with Crippen molar-refractivity contribution in [2.75, 3.05) is 23.7 Å². The van der Waals surface area contributed by atoms with Gasteiger partial charge in [-0.05, 0) is 38.2 Å². The van der Waals surface area contributed by atoms with Crippen LogP contribution in [0.5, 0.6) is 0 Å². The van der Waals surface area contributed by atoms with Gasteiger partial charge in [-0.1, -0.05) is 6.92 Å². The van der Waals surface area contributed by atoms with Crippen LogP contribution in [-0.4, -0.2) is 23.1 Å². The third kappa shape index (κ3) is 2.52. The number of rotatable bonds is 5. The summed E-state index contributed by atoms with van der Waals surface area (Å²) in [5.74, 6) is 2.25. The number of nitrogens with two attached hydrogens (primary N) is 1. The predicted octanol–water partition coefficient (Wildman–Crippen LogP) is 3.07. The molecule has 0 atom stereocenters. The minimum Gasteiger partial charge on any atom is -0.368 e. The molecule has 1 aliphatic carbocycles. The maximum atomic E-state index is 5.87. The molecule has 0 unspecified atom stereocenters. The molecule has 0 spiro atoms. The number of aryl methyl sites for hydroxylation is 1. The molecule has 3 rings (SSSR count). The lowest BCUT2D eigenvalue weighted by Gasteiger charge is -2.22. The van der Waals surface area contributed by atoms with Crippen LogP contribution in [0.25, 0.3) is 10.2 Å². The van der Waals surface area contributed by atoms with Crippen LogP contribution >= 0.6 is 11.3 Å². The zero-order valence-electron chi connectivity index (χ0n) is 11.5. The fourth-order valence-electron chi connectivity index (χ4n) is 2.37. The highest BCUT2D eigenvalue weighted by molar-refractivity contribution is 7.18. The second-order valence-corrected chi connectivity index (χ2v) is 6.29. The SMILES string of the molecule is CCc1cc2c(N(CC)CC3CC3)nc(N)nc2s1. The lowest BCUT2D eigenvalue weighted by Crippen LogP contribution is -2.26. The summed E-state index contributed by atoms with van der Waals surface area (Å²) in [7, 11) is 0. The normalized spacial score (nSPS) is 15.1. The van der Waals surface area contributed by atoms with E-state index in [1.807, 2.05) is 0 Å². The van der Waals surface area contributed by atoms with E-state index in [0.29, 0.717) is 5.95 Å². The van der Waals surface area contributed by atoms with Crippen LogP contribution in [0, 0.1) is 5.92 Å². The second-order valence-electron chi connectivity index (χ2n) is 5.17. The van der Waals surface area contributed by atoms with Crippen LogP contribution in [0.4, 0.5) is 11.8 Å². The van der Waals surface area contributed by atoms with Crippen molar-refractivity contribution in [3.8, 4) is 0 Å². The molecule has 0 amide bonds. The van der Waals surface area contributed by atoms with Crippen molar-refractivity contribution in [3.63, 3.8) is 0 Å². The van der Waals surface area contributed by atoms with E-state index in [0.717, 1.165) is 36.1 Å². The van der Waals surface area contributed by atoms with Gasteiger partial charge in [0.2, 0.25) is 5.95 Å². The average molecular weight is 276 g/mol. The van der Waals surface area contributed by atoms with Crippen LogP contribution in [0.15, 0.2) is 6.07 Å². The Kier molecular flexibility index (Phi) is 3.31. The summed E-state index contributed by atoms with van der Waals surface area (Å²) in [5.41, 5.74) is 5.87. The number of nitrogen functional groups attached to an aromatic ring is 1. The van der Waals surface area contributed by atoms with Crippen LogP contribution < -0.4 is 10.6 Å². The van der Waals surface area contributed by atoms with Crippen LogP contribution in [-0.2, 0) is 6.42 Å². The van der Waals surface area contributed by atoms with Crippen LogP contribution in [0.2, 0.25) is 0 Å². The van der Waals surface area contributed by atoms with E-state index < -0.39 is 0 Å². The smallest absolute Gasteiger partial charge is 0.223 e. The first-order chi connectivity index (χ1) is 9.21. The van der Waals surface area contributed by atoms with E-state index in [1.165, 1.54) is 23.1 Å². The first-order valence-corrected chi connectivity index (χ1v) is 7.83. The van der Waals surface area contributed by atoms with Gasteiger partial charge in [-0.2, -0.15) is 4.98 Å². The topological polar surface area (TPSA) is 55.0 Å². The van der Waals surface area contributed by atoms with Crippen LogP contribution in [0.3, 0.4) is 0 Å². The summed E-state index contributed by atoms with van der Waals surface area (Å²) >= 11 is 1.73. The molecule has 5 heteroatoms. The molecule has 2 heterocycles. The number of aromatic nitrogens is 2. The lowest BCUT2D eigenvalue weighted by molar-refractivity contribution is 0.735. The van der Waals surface area contributed by atoms with Crippen molar-refractivity contribution in [3.05, 3.63) is 10.9 Å². The van der Waals surface area contributed by atoms with Gasteiger partial charge in [-0.25, -0.2) is 4.98 Å². The monoisotopic (exact) mass is 276 g/mol. The minimum atomic E-state index is 0.390. The highest BCUT2D eigenvalue weighted by Crippen LogP contribution is 2.35. The molecule has 4 nitrogen and oxygen atoms in total. The van der Waals surface area contributed by atoms with E-state index in [-0.39, 0.29) is 0 Å². The molecule has 19 heavy (non-hydrogen) atoms. The summed E-state index contributed by atoms with van der Waals surface area (Å²) in [5, 5.41) is 1.17. The Hall–Kier alpha value is -1.36. The van der Waals surface area contributed by atoms with Gasteiger partial charge in [0.15, 0.2) is 0 Å². The predicted molar refractivity (Wildman–Crippen MR) is 81.8 cm³/mol. The van der Waals surface area contributed by atoms with E-state index in [9.17, 15) is 0 Å². The van der Waals surface area contributed by atoms with Crippen molar-refractivity contribution in [1.82, 2.24) is 9.97 Å². The summed E-state index contributed by atoms with van der Waals surface area (Å²) < 4.78 is 0. The van der Waals surface area contributed by atoms with Crippen molar-refractivity contribution in [2.45, 2.75) is 33.1 Å². The van der Waals surface area contributed by atoms with Crippen LogP contribution in [0.1, 0.15) is 31.6 Å². The molecule has 0 bridgehead atoms. The second kappa shape index (κ2) is 4.96. The Morgan fingerprint density at radius 2 is 2.16 bits per heavy atom. The Balaban J connectivity index is 2.05. The zero-order valence-corrected chi connectivity index (χ0v) is 12.3. The van der Waals surface area contributed by atoms with Gasteiger partial charge < -0.3 is 10.6 Å². The maximum absolute atomic E-state index is 5.87. The van der Waals surface area contributed by atoms with Gasteiger partial charge in [0.25, 0.3) is 0 Å². The van der Waals surface area contributed by atoms with Gasteiger partial charge in [-0.15, -0.1) is 11.3 Å². The third-order valence-corrected chi connectivity index (χ3v) is 4.82. The first-order valence-electron chi connectivity index (χ1n) is 7.02.